The Morgan fingerprint density at radius 1 is 1.36 bits per heavy atom. The number of aliphatic imine (C=N–C) groups is 2. The van der Waals surface area contributed by atoms with Crippen molar-refractivity contribution in [2.75, 3.05) is 12.4 Å². The lowest BCUT2D eigenvalue weighted by Crippen LogP contribution is -2.53. The molecule has 1 aliphatic heterocycles. The van der Waals surface area contributed by atoms with Crippen LogP contribution in [0.15, 0.2) is 39.1 Å². The Kier molecular flexibility index (Phi) is 5.55. The van der Waals surface area contributed by atoms with Gasteiger partial charge in [0.05, 0.1) is 6.61 Å². The van der Waals surface area contributed by atoms with Crippen molar-refractivity contribution in [2.45, 2.75) is 30.8 Å². The van der Waals surface area contributed by atoms with Crippen LogP contribution in [0.1, 0.15) is 20.3 Å². The van der Waals surface area contributed by atoms with Crippen molar-refractivity contribution in [3.63, 3.8) is 0 Å². The Balaban J connectivity index is 1.76. The summed E-state index contributed by atoms with van der Waals surface area (Å²) in [6.07, 6.45) is 0.857. The molecule has 0 fully saturated rings. The van der Waals surface area contributed by atoms with E-state index in [1.54, 1.807) is 11.8 Å². The van der Waals surface area contributed by atoms with Gasteiger partial charge >= 0.3 is 0 Å². The summed E-state index contributed by atoms with van der Waals surface area (Å²) in [5.74, 6) is 1.30. The molecule has 1 aliphatic rings. The quantitative estimate of drug-likeness (QED) is 0.612. The van der Waals surface area contributed by atoms with Crippen LogP contribution in [0.4, 0.5) is 0 Å². The molecule has 1 heterocycles. The molecule has 22 heavy (non-hydrogen) atoms. The SMILES string of the molecule is CC1(C)N=C(N)N=C(N)N1OCCCSc1cccc(Cl)c1. The van der Waals surface area contributed by atoms with Gasteiger partial charge < -0.3 is 11.5 Å². The lowest BCUT2D eigenvalue weighted by atomic mass is 10.2. The van der Waals surface area contributed by atoms with Gasteiger partial charge in [-0.05, 0) is 38.5 Å². The van der Waals surface area contributed by atoms with E-state index in [2.05, 4.69) is 9.98 Å². The summed E-state index contributed by atoms with van der Waals surface area (Å²) in [4.78, 5) is 15.0. The Hall–Kier alpha value is -1.44. The first-order valence-corrected chi connectivity index (χ1v) is 8.26. The summed E-state index contributed by atoms with van der Waals surface area (Å²) in [5, 5.41) is 2.24. The maximum atomic E-state index is 5.95. The van der Waals surface area contributed by atoms with Crippen molar-refractivity contribution in [1.29, 1.82) is 0 Å². The van der Waals surface area contributed by atoms with E-state index in [4.69, 9.17) is 27.9 Å². The molecule has 0 saturated carbocycles. The van der Waals surface area contributed by atoms with Crippen molar-refractivity contribution in [3.8, 4) is 0 Å². The van der Waals surface area contributed by atoms with Crippen molar-refractivity contribution in [2.24, 2.45) is 21.5 Å². The first-order chi connectivity index (χ1) is 10.4. The number of nitrogens with two attached hydrogens (primary N) is 2. The normalized spacial score (nSPS) is 17.1. The fraction of sp³-hybridized carbons (Fsp3) is 0.429. The second kappa shape index (κ2) is 7.21. The molecule has 0 saturated heterocycles. The van der Waals surface area contributed by atoms with Gasteiger partial charge in [0.15, 0.2) is 5.66 Å². The predicted molar refractivity (Wildman–Crippen MR) is 91.9 cm³/mol. The monoisotopic (exact) mass is 341 g/mol. The van der Waals surface area contributed by atoms with E-state index in [9.17, 15) is 0 Å². The molecule has 120 valence electrons. The summed E-state index contributed by atoms with van der Waals surface area (Å²) < 4.78 is 0. The van der Waals surface area contributed by atoms with Crippen LogP contribution in [0.5, 0.6) is 0 Å². The number of benzene rings is 1. The molecule has 0 radical (unpaired) electrons. The van der Waals surface area contributed by atoms with E-state index < -0.39 is 5.66 Å². The van der Waals surface area contributed by atoms with Gasteiger partial charge in [0.25, 0.3) is 0 Å². The molecule has 0 bridgehead atoms. The highest BCUT2D eigenvalue weighted by Crippen LogP contribution is 2.23. The number of thioether (sulfide) groups is 1. The second-order valence-electron chi connectivity index (χ2n) is 5.22. The van der Waals surface area contributed by atoms with Crippen LogP contribution in [0, 0.1) is 0 Å². The molecular weight excluding hydrogens is 322 g/mol. The summed E-state index contributed by atoms with van der Waals surface area (Å²) in [6.45, 7) is 4.24. The third-order valence-corrected chi connectivity index (χ3v) is 4.21. The van der Waals surface area contributed by atoms with E-state index in [1.807, 2.05) is 38.1 Å². The molecule has 4 N–H and O–H groups in total. The highest BCUT2D eigenvalue weighted by molar-refractivity contribution is 7.99. The zero-order valence-corrected chi connectivity index (χ0v) is 14.2. The van der Waals surface area contributed by atoms with Crippen LogP contribution in [0.2, 0.25) is 5.02 Å². The molecule has 0 atom stereocenters. The van der Waals surface area contributed by atoms with E-state index >= 15 is 0 Å². The molecule has 0 aromatic heterocycles. The van der Waals surface area contributed by atoms with Gasteiger partial charge in [0.2, 0.25) is 11.9 Å². The van der Waals surface area contributed by atoms with Crippen LogP contribution < -0.4 is 11.5 Å². The smallest absolute Gasteiger partial charge is 0.226 e. The van der Waals surface area contributed by atoms with Crippen LogP contribution in [-0.4, -0.2) is 35.0 Å². The van der Waals surface area contributed by atoms with Gasteiger partial charge in [-0.25, -0.2) is 4.99 Å². The standard InChI is InChI=1S/C14H20ClN5OS/c1-14(2)19-12(16)18-13(17)20(14)21-7-4-8-22-11-6-3-5-10(15)9-11/h3,5-6,9H,4,7-8H2,1-2H3,(H4,16,17,18,19). The van der Waals surface area contributed by atoms with Gasteiger partial charge in [-0.15, -0.1) is 11.8 Å². The van der Waals surface area contributed by atoms with Crippen LogP contribution in [0.25, 0.3) is 0 Å². The summed E-state index contributed by atoms with van der Waals surface area (Å²) >= 11 is 7.68. The lowest BCUT2D eigenvalue weighted by molar-refractivity contribution is -0.156. The third kappa shape index (κ3) is 4.53. The van der Waals surface area contributed by atoms with Gasteiger partial charge in [0.1, 0.15) is 0 Å². The molecule has 6 nitrogen and oxygen atoms in total. The Morgan fingerprint density at radius 2 is 2.14 bits per heavy atom. The van der Waals surface area contributed by atoms with Crippen LogP contribution in [0.3, 0.4) is 0 Å². The number of guanidine groups is 2. The highest BCUT2D eigenvalue weighted by Gasteiger charge is 2.32. The van der Waals surface area contributed by atoms with Crippen molar-refractivity contribution in [1.82, 2.24) is 5.06 Å². The Labute approximate surface area is 139 Å². The average Bonchev–Trinajstić information content (AvgIpc) is 2.40. The van der Waals surface area contributed by atoms with Crippen LogP contribution >= 0.6 is 23.4 Å². The largest absolute Gasteiger partial charge is 0.368 e. The molecule has 2 rings (SSSR count). The predicted octanol–water partition coefficient (Wildman–Crippen LogP) is 2.43. The Morgan fingerprint density at radius 3 is 2.82 bits per heavy atom. The zero-order valence-electron chi connectivity index (χ0n) is 12.6. The summed E-state index contributed by atoms with van der Waals surface area (Å²) in [5.41, 5.74) is 10.8. The Bertz CT molecular complexity index is 590. The number of hydroxylamine groups is 2. The molecule has 0 amide bonds. The second-order valence-corrected chi connectivity index (χ2v) is 6.83. The van der Waals surface area contributed by atoms with Gasteiger partial charge in [-0.3, -0.25) is 4.84 Å². The maximum absolute atomic E-state index is 5.95. The van der Waals surface area contributed by atoms with Crippen molar-refractivity contribution < 1.29 is 4.84 Å². The molecule has 1 aromatic carbocycles. The zero-order chi connectivity index (χ0) is 16.2. The highest BCUT2D eigenvalue weighted by atomic mass is 35.5. The molecule has 1 aromatic rings. The molecule has 0 spiro atoms. The van der Waals surface area contributed by atoms with Gasteiger partial charge in [-0.2, -0.15) is 10.1 Å². The molecular formula is C14H20ClN5OS. The van der Waals surface area contributed by atoms with Crippen molar-refractivity contribution in [3.05, 3.63) is 29.3 Å². The van der Waals surface area contributed by atoms with E-state index in [-0.39, 0.29) is 11.9 Å². The number of rotatable bonds is 6. The number of nitrogens with zero attached hydrogens (tertiary/aromatic N) is 3. The third-order valence-electron chi connectivity index (χ3n) is 2.90. The summed E-state index contributed by atoms with van der Waals surface area (Å²) in [7, 11) is 0. The lowest BCUT2D eigenvalue weighted by Gasteiger charge is -2.36. The van der Waals surface area contributed by atoms with E-state index in [0.29, 0.717) is 6.61 Å². The first kappa shape index (κ1) is 16.9. The summed E-state index contributed by atoms with van der Waals surface area (Å²) in [6, 6.07) is 7.79. The van der Waals surface area contributed by atoms with E-state index in [0.717, 1.165) is 22.1 Å². The maximum Gasteiger partial charge on any atom is 0.226 e. The minimum atomic E-state index is -0.657. The minimum Gasteiger partial charge on any atom is -0.368 e. The van der Waals surface area contributed by atoms with Crippen LogP contribution in [-0.2, 0) is 4.84 Å². The average molecular weight is 342 g/mol. The van der Waals surface area contributed by atoms with Gasteiger partial charge in [-0.1, -0.05) is 17.7 Å². The van der Waals surface area contributed by atoms with E-state index in [1.165, 1.54) is 5.06 Å². The fourth-order valence-corrected chi connectivity index (χ4v) is 3.12. The number of hydrogen-bond acceptors (Lipinski definition) is 7. The molecule has 0 unspecified atom stereocenters. The number of hydrogen-bond donors (Lipinski definition) is 2. The molecule has 8 heteroatoms. The first-order valence-electron chi connectivity index (χ1n) is 6.89. The van der Waals surface area contributed by atoms with Crippen molar-refractivity contribution >= 4 is 35.3 Å². The topological polar surface area (TPSA) is 89.2 Å². The minimum absolute atomic E-state index is 0.166. The number of halogens is 1. The fourth-order valence-electron chi connectivity index (χ4n) is 1.98. The van der Waals surface area contributed by atoms with Gasteiger partial charge in [0, 0.05) is 15.7 Å². The molecule has 0 aliphatic carbocycles.